The fraction of sp³-hybridized carbons (Fsp3) is 0. The van der Waals surface area contributed by atoms with Crippen LogP contribution in [0, 0.1) is 8.83 Å². The fourth-order valence-electron chi connectivity index (χ4n) is 1.01. The van der Waals surface area contributed by atoms with Gasteiger partial charge in [-0.15, -0.1) is 10.2 Å². The molecule has 0 N–H and O–H groups in total. The van der Waals surface area contributed by atoms with E-state index < -0.39 is 0 Å². The molecule has 0 bridgehead atoms. The molecule has 0 saturated carbocycles. The van der Waals surface area contributed by atoms with Gasteiger partial charge in [0.05, 0.1) is 10.6 Å². The summed E-state index contributed by atoms with van der Waals surface area (Å²) in [5.41, 5.74) is 0.328. The van der Waals surface area contributed by atoms with E-state index >= 15 is 0 Å². The number of hydrogen-bond donors (Lipinski definition) is 0. The molecule has 0 aliphatic heterocycles. The second-order valence-corrected chi connectivity index (χ2v) is 5.60. The van der Waals surface area contributed by atoms with Crippen LogP contribution in [-0.4, -0.2) is 10.2 Å². The summed E-state index contributed by atoms with van der Waals surface area (Å²) in [6, 6.07) is 4.55. The minimum Gasteiger partial charge on any atom is -0.206 e. The lowest BCUT2D eigenvalue weighted by atomic mass is 10.2. The maximum Gasteiger partial charge on any atom is 0.178 e. The normalized spacial score (nSPS) is 10.5. The van der Waals surface area contributed by atoms with Gasteiger partial charge in [-0.3, -0.25) is 0 Å². The first-order valence-corrected chi connectivity index (χ1v) is 5.89. The van der Waals surface area contributed by atoms with Gasteiger partial charge in [0.25, 0.3) is 0 Å². The molecule has 0 radical (unpaired) electrons. The van der Waals surface area contributed by atoms with Crippen LogP contribution in [0.2, 0.25) is 5.02 Å². The molecule has 0 atom stereocenters. The lowest BCUT2D eigenvalue weighted by Crippen LogP contribution is -1.84. The average molecular weight is 341 g/mol. The van der Waals surface area contributed by atoms with Crippen molar-refractivity contribution in [3.8, 4) is 10.6 Å². The highest BCUT2D eigenvalue weighted by Gasteiger charge is 2.13. The van der Waals surface area contributed by atoms with E-state index in [1.165, 1.54) is 17.4 Å². The van der Waals surface area contributed by atoms with E-state index in [0.29, 0.717) is 15.6 Å². The van der Waals surface area contributed by atoms with Gasteiger partial charge in [-0.1, -0.05) is 29.0 Å². The number of rotatable bonds is 1. The van der Waals surface area contributed by atoms with Gasteiger partial charge < -0.3 is 0 Å². The molecule has 1 aromatic carbocycles. The average Bonchev–Trinajstić information content (AvgIpc) is 2.51. The summed E-state index contributed by atoms with van der Waals surface area (Å²) in [5, 5.41) is 8.52. The van der Waals surface area contributed by atoms with Crippen LogP contribution >= 0.6 is 45.5 Å². The number of benzene rings is 1. The molecule has 0 spiro atoms. The van der Waals surface area contributed by atoms with Gasteiger partial charge in [-0.25, -0.2) is 4.39 Å². The Morgan fingerprint density at radius 3 is 2.71 bits per heavy atom. The van der Waals surface area contributed by atoms with E-state index in [1.807, 2.05) is 22.6 Å². The standard InChI is InChI=1S/C8H3ClFIN2S/c9-4-2-1-3-5(10)6(4)7-12-13-8(11)14-7/h1-3H. The van der Waals surface area contributed by atoms with Crippen molar-refractivity contribution < 1.29 is 4.39 Å². The van der Waals surface area contributed by atoms with Crippen LogP contribution in [0.25, 0.3) is 10.6 Å². The number of nitrogens with zero attached hydrogens (tertiary/aromatic N) is 2. The molecule has 14 heavy (non-hydrogen) atoms. The summed E-state index contributed by atoms with van der Waals surface area (Å²) in [6.45, 7) is 0. The Morgan fingerprint density at radius 1 is 1.36 bits per heavy atom. The van der Waals surface area contributed by atoms with Gasteiger partial charge in [0.1, 0.15) is 5.82 Å². The van der Waals surface area contributed by atoms with Crippen LogP contribution in [-0.2, 0) is 0 Å². The second-order valence-electron chi connectivity index (χ2n) is 2.46. The van der Waals surface area contributed by atoms with Gasteiger partial charge in [-0.2, -0.15) is 0 Å². The first-order chi connectivity index (χ1) is 6.68. The molecule has 2 nitrogen and oxygen atoms in total. The highest BCUT2D eigenvalue weighted by Crippen LogP contribution is 2.32. The third-order valence-corrected chi connectivity index (χ3v) is 3.50. The van der Waals surface area contributed by atoms with Crippen LogP contribution in [0.3, 0.4) is 0 Å². The SMILES string of the molecule is Fc1cccc(Cl)c1-c1nnc(I)s1. The van der Waals surface area contributed by atoms with Gasteiger partial charge in [0, 0.05) is 0 Å². The zero-order chi connectivity index (χ0) is 10.1. The van der Waals surface area contributed by atoms with Crippen molar-refractivity contribution in [3.63, 3.8) is 0 Å². The topological polar surface area (TPSA) is 25.8 Å². The van der Waals surface area contributed by atoms with E-state index in [-0.39, 0.29) is 5.82 Å². The van der Waals surface area contributed by atoms with E-state index in [0.717, 1.165) is 3.01 Å². The summed E-state index contributed by atoms with van der Waals surface area (Å²) < 4.78 is 14.2. The van der Waals surface area contributed by atoms with Crippen LogP contribution in [0.5, 0.6) is 0 Å². The monoisotopic (exact) mass is 340 g/mol. The molecule has 2 rings (SSSR count). The van der Waals surface area contributed by atoms with Crippen molar-refractivity contribution >= 4 is 45.5 Å². The molecule has 1 heterocycles. The summed E-state index contributed by atoms with van der Waals surface area (Å²) >= 11 is 9.21. The number of aromatic nitrogens is 2. The molecule has 0 saturated heterocycles. The Balaban J connectivity index is 2.61. The quantitative estimate of drug-likeness (QED) is 0.741. The Bertz CT molecular complexity index is 454. The van der Waals surface area contributed by atoms with E-state index in [4.69, 9.17) is 11.6 Å². The Morgan fingerprint density at radius 2 is 2.14 bits per heavy atom. The molecule has 6 heteroatoms. The summed E-state index contributed by atoms with van der Waals surface area (Å²) in [4.78, 5) is 0. The van der Waals surface area contributed by atoms with Crippen LogP contribution in [0.15, 0.2) is 18.2 Å². The van der Waals surface area contributed by atoms with Crippen molar-refractivity contribution in [2.75, 3.05) is 0 Å². The first-order valence-electron chi connectivity index (χ1n) is 3.62. The Labute approximate surface area is 102 Å². The molecule has 0 aliphatic rings. The Hall–Kier alpha value is -0.270. The zero-order valence-corrected chi connectivity index (χ0v) is 10.4. The number of halogens is 3. The smallest absolute Gasteiger partial charge is 0.178 e. The highest BCUT2D eigenvalue weighted by atomic mass is 127. The molecule has 72 valence electrons. The third kappa shape index (κ3) is 1.89. The predicted molar refractivity (Wildman–Crippen MR) is 63.0 cm³/mol. The van der Waals surface area contributed by atoms with Crippen molar-refractivity contribution in [3.05, 3.63) is 32.1 Å². The van der Waals surface area contributed by atoms with Crippen LogP contribution < -0.4 is 0 Å². The molecule has 0 fully saturated rings. The second kappa shape index (κ2) is 4.08. The summed E-state index contributed by atoms with van der Waals surface area (Å²) in [5.74, 6) is -0.370. The molecular formula is C8H3ClFIN2S. The minimum atomic E-state index is -0.370. The highest BCUT2D eigenvalue weighted by molar-refractivity contribution is 14.1. The van der Waals surface area contributed by atoms with E-state index in [1.54, 1.807) is 12.1 Å². The lowest BCUT2D eigenvalue weighted by Gasteiger charge is -1.99. The van der Waals surface area contributed by atoms with Crippen molar-refractivity contribution in [1.29, 1.82) is 0 Å². The third-order valence-electron chi connectivity index (χ3n) is 1.58. The summed E-state index contributed by atoms with van der Waals surface area (Å²) in [7, 11) is 0. The van der Waals surface area contributed by atoms with Crippen molar-refractivity contribution in [2.24, 2.45) is 0 Å². The van der Waals surface area contributed by atoms with Gasteiger partial charge >= 0.3 is 0 Å². The fourth-order valence-corrected chi connectivity index (χ4v) is 2.68. The first kappa shape index (κ1) is 10.3. The zero-order valence-electron chi connectivity index (χ0n) is 6.67. The maximum absolute atomic E-state index is 13.4. The molecule has 1 aromatic heterocycles. The van der Waals surface area contributed by atoms with Gasteiger partial charge in [-0.05, 0) is 34.7 Å². The van der Waals surface area contributed by atoms with E-state index in [9.17, 15) is 4.39 Å². The molecule has 0 unspecified atom stereocenters. The van der Waals surface area contributed by atoms with Crippen molar-refractivity contribution in [2.45, 2.75) is 0 Å². The van der Waals surface area contributed by atoms with Crippen LogP contribution in [0.1, 0.15) is 0 Å². The van der Waals surface area contributed by atoms with Crippen LogP contribution in [0.4, 0.5) is 4.39 Å². The predicted octanol–water partition coefficient (Wildman–Crippen LogP) is 3.60. The van der Waals surface area contributed by atoms with Gasteiger partial charge in [0.2, 0.25) is 0 Å². The lowest BCUT2D eigenvalue weighted by molar-refractivity contribution is 0.631. The molecule has 0 aliphatic carbocycles. The summed E-state index contributed by atoms with van der Waals surface area (Å²) in [6.07, 6.45) is 0. The minimum absolute atomic E-state index is 0.328. The maximum atomic E-state index is 13.4. The van der Waals surface area contributed by atoms with E-state index in [2.05, 4.69) is 10.2 Å². The van der Waals surface area contributed by atoms with Crippen molar-refractivity contribution in [1.82, 2.24) is 10.2 Å². The Kier molecular flexibility index (Phi) is 2.99. The molecular weight excluding hydrogens is 338 g/mol. The largest absolute Gasteiger partial charge is 0.206 e. The van der Waals surface area contributed by atoms with Gasteiger partial charge in [0.15, 0.2) is 8.02 Å². The molecule has 2 aromatic rings. The molecule has 0 amide bonds. The number of hydrogen-bond acceptors (Lipinski definition) is 3.